The predicted molar refractivity (Wildman–Crippen MR) is 178 cm³/mol. The van der Waals surface area contributed by atoms with E-state index in [1.165, 1.54) is 65.3 Å². The summed E-state index contributed by atoms with van der Waals surface area (Å²) in [6.45, 7) is 0. The molecule has 194 valence electrons. The van der Waals surface area contributed by atoms with Crippen molar-refractivity contribution in [3.8, 4) is 11.1 Å². The highest BCUT2D eigenvalue weighted by atomic mass is 14.2. The minimum absolute atomic E-state index is 1.10. The van der Waals surface area contributed by atoms with Crippen LogP contribution in [0.25, 0.3) is 54.2 Å². The fraction of sp³-hybridized carbons (Fsp3) is 0.0244. The third-order valence-corrected chi connectivity index (χ3v) is 7.97. The Bertz CT molecular complexity index is 1910. The molecule has 0 unspecified atom stereocenters. The predicted octanol–water partition coefficient (Wildman–Crippen LogP) is 11.2. The van der Waals surface area contributed by atoms with Crippen LogP contribution in [0.2, 0.25) is 0 Å². The van der Waals surface area contributed by atoms with Crippen molar-refractivity contribution < 1.29 is 0 Å². The highest BCUT2D eigenvalue weighted by Gasteiger charge is 2.15. The Morgan fingerprint density at radius 3 is 1.00 bits per heavy atom. The van der Waals surface area contributed by atoms with Crippen molar-refractivity contribution in [2.75, 3.05) is 0 Å². The molecular weight excluding hydrogens is 492 g/mol. The molecule has 0 atom stereocenters. The minimum atomic E-state index is 1.10. The first-order valence-electron chi connectivity index (χ1n) is 14.2. The zero-order valence-electron chi connectivity index (χ0n) is 22.9. The summed E-state index contributed by atoms with van der Waals surface area (Å²) < 4.78 is 0. The van der Waals surface area contributed by atoms with Gasteiger partial charge in [0.15, 0.2) is 0 Å². The van der Waals surface area contributed by atoms with Crippen molar-refractivity contribution in [2.24, 2.45) is 0 Å². The number of benzene rings is 8. The lowest BCUT2D eigenvalue weighted by molar-refractivity contribution is 1.26. The van der Waals surface area contributed by atoms with Crippen LogP contribution in [0, 0.1) is 0 Å². The van der Waals surface area contributed by atoms with Crippen LogP contribution in [0.5, 0.6) is 0 Å². The quantitative estimate of drug-likeness (QED) is 0.137. The average molecular weight is 523 g/mol. The van der Waals surface area contributed by atoms with Crippen LogP contribution in [0.15, 0.2) is 170 Å². The molecule has 0 saturated heterocycles. The van der Waals surface area contributed by atoms with Crippen LogP contribution in [-0.2, 0) is 6.42 Å². The molecule has 0 amide bonds. The second-order valence-corrected chi connectivity index (χ2v) is 10.5. The van der Waals surface area contributed by atoms with E-state index in [1.54, 1.807) is 0 Å². The Hall–Kier alpha value is -5.20. The van der Waals surface area contributed by atoms with E-state index in [1.807, 2.05) is 0 Å². The summed E-state index contributed by atoms with van der Waals surface area (Å²) in [6.07, 6.45) is 1.10. The Labute approximate surface area is 241 Å². The number of rotatable bonds is 0. The molecule has 0 aliphatic heterocycles. The number of hydrogen-bond acceptors (Lipinski definition) is 0. The topological polar surface area (TPSA) is 0 Å². The molecule has 0 aromatic heterocycles. The van der Waals surface area contributed by atoms with Crippen LogP contribution in [0.3, 0.4) is 0 Å². The van der Waals surface area contributed by atoms with Crippen LogP contribution in [0.4, 0.5) is 0 Å². The lowest BCUT2D eigenvalue weighted by Crippen LogP contribution is -1.77. The van der Waals surface area contributed by atoms with Gasteiger partial charge in [-0.1, -0.05) is 158 Å². The molecule has 8 aromatic carbocycles. The molecule has 0 heterocycles. The van der Waals surface area contributed by atoms with Gasteiger partial charge in [0, 0.05) is 0 Å². The molecule has 0 nitrogen and oxygen atoms in total. The van der Waals surface area contributed by atoms with Gasteiger partial charge >= 0.3 is 0 Å². The van der Waals surface area contributed by atoms with Gasteiger partial charge in [-0.2, -0.15) is 0 Å². The normalized spacial score (nSPS) is 11.3. The van der Waals surface area contributed by atoms with E-state index in [-0.39, 0.29) is 0 Å². The molecular formula is C41H30. The number of hydrogen-bond donors (Lipinski definition) is 0. The first-order valence-corrected chi connectivity index (χ1v) is 14.2. The fourth-order valence-corrected chi connectivity index (χ4v) is 5.92. The Morgan fingerprint density at radius 2 is 0.585 bits per heavy atom. The first kappa shape index (κ1) is 24.8. The molecule has 41 heavy (non-hydrogen) atoms. The lowest BCUT2D eigenvalue weighted by atomic mass is 10.0. The summed E-state index contributed by atoms with van der Waals surface area (Å²) in [5.41, 5.74) is 5.75. The van der Waals surface area contributed by atoms with Gasteiger partial charge in [-0.05, 0) is 83.9 Å². The van der Waals surface area contributed by atoms with E-state index in [2.05, 4.69) is 170 Å². The molecule has 0 heteroatoms. The van der Waals surface area contributed by atoms with Gasteiger partial charge in [0.2, 0.25) is 0 Å². The Kier molecular flexibility index (Phi) is 6.73. The molecule has 8 aromatic rings. The van der Waals surface area contributed by atoms with Crippen molar-refractivity contribution in [1.29, 1.82) is 0 Å². The van der Waals surface area contributed by atoms with Crippen molar-refractivity contribution in [3.63, 3.8) is 0 Å². The van der Waals surface area contributed by atoms with Gasteiger partial charge in [0.25, 0.3) is 0 Å². The molecule has 1 aliphatic rings. The van der Waals surface area contributed by atoms with E-state index in [0.717, 1.165) is 6.42 Å². The van der Waals surface area contributed by atoms with Crippen molar-refractivity contribution >= 4 is 43.1 Å². The standard InChI is InChI=1S/2C14H10.C13H10/c1-3-7-13-11(5-1)9-10-12-6-2-4-8-14(12)13;1-2-6-12-10-14-8-4-3-7-13(14)9-11(12)5-1;1-3-7-12-10(5-1)9-11-6-2-4-8-13(11)12/h2*1-10H;1-8H,9H2. The van der Waals surface area contributed by atoms with Crippen molar-refractivity contribution in [1.82, 2.24) is 0 Å². The average Bonchev–Trinajstić information content (AvgIpc) is 3.43. The highest BCUT2D eigenvalue weighted by Crippen LogP contribution is 2.35. The van der Waals surface area contributed by atoms with Gasteiger partial charge in [-0.15, -0.1) is 0 Å². The van der Waals surface area contributed by atoms with Crippen LogP contribution in [0.1, 0.15) is 11.1 Å². The molecule has 1 aliphatic carbocycles. The summed E-state index contributed by atoms with van der Waals surface area (Å²) in [4.78, 5) is 0. The van der Waals surface area contributed by atoms with Gasteiger partial charge in [-0.3, -0.25) is 0 Å². The molecule has 0 saturated carbocycles. The second kappa shape index (κ2) is 11.1. The lowest BCUT2D eigenvalue weighted by Gasteiger charge is -2.02. The molecule has 0 N–H and O–H groups in total. The summed E-state index contributed by atoms with van der Waals surface area (Å²) in [6, 6.07) is 60.1. The van der Waals surface area contributed by atoms with Gasteiger partial charge in [0.1, 0.15) is 0 Å². The van der Waals surface area contributed by atoms with E-state index in [0.29, 0.717) is 0 Å². The maximum Gasteiger partial charge on any atom is -0.00135 e. The van der Waals surface area contributed by atoms with Gasteiger partial charge in [0.05, 0.1) is 0 Å². The smallest absolute Gasteiger partial charge is 0.00135 e. The molecule has 9 rings (SSSR count). The maximum absolute atomic E-state index is 2.24. The third-order valence-electron chi connectivity index (χ3n) is 7.97. The van der Waals surface area contributed by atoms with Crippen molar-refractivity contribution in [2.45, 2.75) is 6.42 Å². The van der Waals surface area contributed by atoms with E-state index < -0.39 is 0 Å². The summed E-state index contributed by atoms with van der Waals surface area (Å²) >= 11 is 0. The zero-order chi connectivity index (χ0) is 27.4. The molecule has 0 bridgehead atoms. The fourth-order valence-electron chi connectivity index (χ4n) is 5.92. The molecule has 0 radical (unpaired) electrons. The Balaban J connectivity index is 0.000000101. The summed E-state index contributed by atoms with van der Waals surface area (Å²) in [5, 5.41) is 10.5. The van der Waals surface area contributed by atoms with E-state index in [4.69, 9.17) is 0 Å². The second-order valence-electron chi connectivity index (χ2n) is 10.5. The van der Waals surface area contributed by atoms with Gasteiger partial charge < -0.3 is 0 Å². The van der Waals surface area contributed by atoms with Crippen molar-refractivity contribution in [3.05, 3.63) is 181 Å². The van der Waals surface area contributed by atoms with Gasteiger partial charge in [-0.25, -0.2) is 0 Å². The van der Waals surface area contributed by atoms with Crippen LogP contribution in [-0.4, -0.2) is 0 Å². The monoisotopic (exact) mass is 522 g/mol. The molecule has 0 spiro atoms. The summed E-state index contributed by atoms with van der Waals surface area (Å²) in [7, 11) is 0. The van der Waals surface area contributed by atoms with E-state index in [9.17, 15) is 0 Å². The van der Waals surface area contributed by atoms with Crippen LogP contribution < -0.4 is 0 Å². The first-order chi connectivity index (χ1) is 20.3. The Morgan fingerprint density at radius 1 is 0.268 bits per heavy atom. The zero-order valence-corrected chi connectivity index (χ0v) is 22.9. The maximum atomic E-state index is 2.24. The minimum Gasteiger partial charge on any atom is -0.0619 e. The number of fused-ring (bicyclic) bond motifs is 8. The highest BCUT2D eigenvalue weighted by molar-refractivity contribution is 6.07. The summed E-state index contributed by atoms with van der Waals surface area (Å²) in [5.74, 6) is 0. The SMILES string of the molecule is c1ccc2c(c1)Cc1ccccc1-2.c1ccc2c(c1)ccc1ccccc12.c1ccc2cc3ccccc3cc2c1. The van der Waals surface area contributed by atoms with Crippen LogP contribution >= 0.6 is 0 Å². The largest absolute Gasteiger partial charge is 0.0619 e. The third kappa shape index (κ3) is 5.09. The molecule has 0 fully saturated rings. The van der Waals surface area contributed by atoms with E-state index >= 15 is 0 Å².